The Bertz CT molecular complexity index is 592. The van der Waals surface area contributed by atoms with Gasteiger partial charge in [0.2, 0.25) is 15.9 Å². The highest BCUT2D eigenvalue weighted by atomic mass is 32.2. The molecule has 0 atom stereocenters. The summed E-state index contributed by atoms with van der Waals surface area (Å²) in [6.07, 6.45) is 1.33. The van der Waals surface area contributed by atoms with Gasteiger partial charge in [-0.2, -0.15) is 0 Å². The summed E-state index contributed by atoms with van der Waals surface area (Å²) in [4.78, 5) is 18.6. The summed E-state index contributed by atoms with van der Waals surface area (Å²) < 4.78 is 26.8. The van der Waals surface area contributed by atoms with Crippen molar-refractivity contribution in [1.82, 2.24) is 14.6 Å². The Kier molecular flexibility index (Phi) is 3.96. The number of likely N-dealkylation sites (tertiary alicyclic amines) is 1. The van der Waals surface area contributed by atoms with E-state index in [1.54, 1.807) is 15.9 Å². The molecule has 1 N–H and O–H groups in total. The van der Waals surface area contributed by atoms with Crippen molar-refractivity contribution in [3.63, 3.8) is 0 Å². The van der Waals surface area contributed by atoms with Gasteiger partial charge in [-0.05, 0) is 12.1 Å². The number of aromatic nitrogens is 1. The Morgan fingerprint density at radius 2 is 2.05 bits per heavy atom. The van der Waals surface area contributed by atoms with Gasteiger partial charge in [0.1, 0.15) is 10.7 Å². The predicted molar refractivity (Wildman–Crippen MR) is 74.9 cm³/mol. The summed E-state index contributed by atoms with van der Waals surface area (Å²) in [5.74, 6) is 0.646. The SMILES string of the molecule is CC(=O)N1CC(NS(=O)(=O)c2ccc(N(C)C)nc2)C1. The fraction of sp³-hybridized carbons (Fsp3) is 0.500. The molecule has 0 bridgehead atoms. The molecule has 0 aromatic carbocycles. The second-order valence-corrected chi connectivity index (χ2v) is 6.70. The first-order chi connectivity index (χ1) is 9.29. The first kappa shape index (κ1) is 14.7. The molecule has 1 saturated heterocycles. The molecule has 2 heterocycles. The van der Waals surface area contributed by atoms with Crippen LogP contribution in [0, 0.1) is 0 Å². The third kappa shape index (κ3) is 3.07. The molecule has 1 aromatic rings. The minimum atomic E-state index is -3.58. The quantitative estimate of drug-likeness (QED) is 0.822. The van der Waals surface area contributed by atoms with Gasteiger partial charge in [-0.25, -0.2) is 18.1 Å². The van der Waals surface area contributed by atoms with Crippen LogP contribution in [-0.4, -0.2) is 57.4 Å². The number of carbonyl (C=O) groups is 1. The average molecular weight is 298 g/mol. The van der Waals surface area contributed by atoms with Gasteiger partial charge in [-0.15, -0.1) is 0 Å². The second kappa shape index (κ2) is 5.37. The van der Waals surface area contributed by atoms with Crippen molar-refractivity contribution in [2.24, 2.45) is 0 Å². The zero-order valence-electron chi connectivity index (χ0n) is 11.7. The molecule has 0 radical (unpaired) electrons. The summed E-state index contributed by atoms with van der Waals surface area (Å²) in [5.41, 5.74) is 0. The monoisotopic (exact) mass is 298 g/mol. The Hall–Kier alpha value is -1.67. The van der Waals surface area contributed by atoms with Gasteiger partial charge in [-0.3, -0.25) is 4.79 Å². The van der Waals surface area contributed by atoms with E-state index < -0.39 is 10.0 Å². The van der Waals surface area contributed by atoms with Crippen LogP contribution in [-0.2, 0) is 14.8 Å². The van der Waals surface area contributed by atoms with Crippen LogP contribution in [0.5, 0.6) is 0 Å². The Labute approximate surface area is 118 Å². The van der Waals surface area contributed by atoms with Gasteiger partial charge >= 0.3 is 0 Å². The Balaban J connectivity index is 2.02. The number of nitrogens with zero attached hydrogens (tertiary/aromatic N) is 3. The molecule has 0 unspecified atom stereocenters. The normalized spacial score (nSPS) is 15.8. The topological polar surface area (TPSA) is 82.6 Å². The van der Waals surface area contributed by atoms with Crippen LogP contribution in [0.1, 0.15) is 6.92 Å². The number of pyridine rings is 1. The molecule has 0 aliphatic carbocycles. The summed E-state index contributed by atoms with van der Waals surface area (Å²) >= 11 is 0. The van der Waals surface area contributed by atoms with Crippen molar-refractivity contribution in [3.8, 4) is 0 Å². The lowest BCUT2D eigenvalue weighted by molar-refractivity contribution is -0.133. The minimum absolute atomic E-state index is 0.0440. The van der Waals surface area contributed by atoms with E-state index in [0.29, 0.717) is 18.9 Å². The van der Waals surface area contributed by atoms with Gasteiger partial charge in [-0.1, -0.05) is 0 Å². The summed E-state index contributed by atoms with van der Waals surface area (Å²) in [5, 5.41) is 0. The van der Waals surface area contributed by atoms with Crippen molar-refractivity contribution in [3.05, 3.63) is 18.3 Å². The molecule has 0 saturated carbocycles. The lowest BCUT2D eigenvalue weighted by Gasteiger charge is -2.38. The Morgan fingerprint density at radius 1 is 1.40 bits per heavy atom. The lowest BCUT2D eigenvalue weighted by Crippen LogP contribution is -2.60. The summed E-state index contributed by atoms with van der Waals surface area (Å²) in [6.45, 7) is 2.30. The van der Waals surface area contributed by atoms with Crippen molar-refractivity contribution in [1.29, 1.82) is 0 Å². The highest BCUT2D eigenvalue weighted by molar-refractivity contribution is 7.89. The smallest absolute Gasteiger partial charge is 0.242 e. The van der Waals surface area contributed by atoms with Crippen LogP contribution in [0.25, 0.3) is 0 Å². The van der Waals surface area contributed by atoms with E-state index in [2.05, 4.69) is 9.71 Å². The van der Waals surface area contributed by atoms with Gasteiger partial charge in [0.25, 0.3) is 0 Å². The van der Waals surface area contributed by atoms with Gasteiger partial charge in [0.15, 0.2) is 0 Å². The van der Waals surface area contributed by atoms with E-state index >= 15 is 0 Å². The standard InChI is InChI=1S/C12H18N4O3S/c1-9(17)16-7-10(8-16)14-20(18,19)11-4-5-12(13-6-11)15(2)3/h4-6,10,14H,7-8H2,1-3H3. The minimum Gasteiger partial charge on any atom is -0.363 e. The molecule has 1 fully saturated rings. The molecule has 20 heavy (non-hydrogen) atoms. The maximum atomic E-state index is 12.1. The van der Waals surface area contributed by atoms with Crippen LogP contribution in [0.3, 0.4) is 0 Å². The molecular weight excluding hydrogens is 280 g/mol. The van der Waals surface area contributed by atoms with Crippen LogP contribution >= 0.6 is 0 Å². The average Bonchev–Trinajstić information content (AvgIpc) is 2.33. The van der Waals surface area contributed by atoms with E-state index in [4.69, 9.17) is 0 Å². The molecule has 8 heteroatoms. The van der Waals surface area contributed by atoms with Gasteiger partial charge < -0.3 is 9.80 Å². The van der Waals surface area contributed by atoms with Crippen LogP contribution in [0.4, 0.5) is 5.82 Å². The molecular formula is C12H18N4O3S. The van der Waals surface area contributed by atoms with Crippen LogP contribution < -0.4 is 9.62 Å². The van der Waals surface area contributed by atoms with E-state index in [1.165, 1.54) is 19.2 Å². The highest BCUT2D eigenvalue weighted by Crippen LogP contribution is 2.15. The van der Waals surface area contributed by atoms with E-state index in [0.717, 1.165) is 0 Å². The Morgan fingerprint density at radius 3 is 2.50 bits per heavy atom. The lowest BCUT2D eigenvalue weighted by atomic mass is 10.1. The molecule has 0 spiro atoms. The van der Waals surface area contributed by atoms with E-state index in [-0.39, 0.29) is 16.8 Å². The number of amides is 1. The zero-order chi connectivity index (χ0) is 14.9. The van der Waals surface area contributed by atoms with E-state index in [9.17, 15) is 13.2 Å². The van der Waals surface area contributed by atoms with Crippen LogP contribution in [0.2, 0.25) is 0 Å². The third-order valence-corrected chi connectivity index (χ3v) is 4.64. The van der Waals surface area contributed by atoms with Crippen molar-refractivity contribution in [2.75, 3.05) is 32.1 Å². The first-order valence-corrected chi connectivity index (χ1v) is 7.69. The third-order valence-electron chi connectivity index (χ3n) is 3.14. The summed E-state index contributed by atoms with van der Waals surface area (Å²) in [6, 6.07) is 2.95. The molecule has 1 amide bonds. The number of carbonyl (C=O) groups excluding carboxylic acids is 1. The maximum Gasteiger partial charge on any atom is 0.242 e. The number of nitrogens with one attached hydrogen (secondary N) is 1. The fourth-order valence-corrected chi connectivity index (χ4v) is 3.06. The zero-order valence-corrected chi connectivity index (χ0v) is 12.5. The second-order valence-electron chi connectivity index (χ2n) is 4.99. The van der Waals surface area contributed by atoms with E-state index in [1.807, 2.05) is 14.1 Å². The largest absolute Gasteiger partial charge is 0.363 e. The van der Waals surface area contributed by atoms with Crippen LogP contribution in [0.15, 0.2) is 23.2 Å². The molecule has 1 aliphatic rings. The number of anilines is 1. The first-order valence-electron chi connectivity index (χ1n) is 6.21. The molecule has 1 aromatic heterocycles. The molecule has 2 rings (SSSR count). The fourth-order valence-electron chi connectivity index (χ4n) is 1.89. The number of hydrogen-bond acceptors (Lipinski definition) is 5. The predicted octanol–water partition coefficient (Wildman–Crippen LogP) is -0.343. The number of rotatable bonds is 4. The van der Waals surface area contributed by atoms with Gasteiger partial charge in [0, 0.05) is 40.3 Å². The molecule has 1 aliphatic heterocycles. The van der Waals surface area contributed by atoms with Gasteiger partial charge in [0.05, 0.1) is 6.04 Å². The number of sulfonamides is 1. The maximum absolute atomic E-state index is 12.1. The van der Waals surface area contributed by atoms with Crippen molar-refractivity contribution < 1.29 is 13.2 Å². The van der Waals surface area contributed by atoms with Crippen molar-refractivity contribution in [2.45, 2.75) is 17.9 Å². The highest BCUT2D eigenvalue weighted by Gasteiger charge is 2.32. The molecule has 7 nitrogen and oxygen atoms in total. The number of hydrogen-bond donors (Lipinski definition) is 1. The summed E-state index contributed by atoms with van der Waals surface area (Å²) in [7, 11) is 0.0847. The van der Waals surface area contributed by atoms with Crippen molar-refractivity contribution >= 4 is 21.7 Å². The molecule has 110 valence electrons.